The van der Waals surface area contributed by atoms with E-state index in [0.29, 0.717) is 6.07 Å². The van der Waals surface area contributed by atoms with Gasteiger partial charge < -0.3 is 14.0 Å². The molecule has 1 unspecified atom stereocenters. The van der Waals surface area contributed by atoms with Crippen molar-refractivity contribution in [2.45, 2.75) is 13.0 Å². The largest absolute Gasteiger partial charge is 0.798 e. The SMILES string of the molecule is CC1COc2c(F)c(F)cc3c(=O)c(C(=O)OB(F)F)cn1c23. The molecule has 0 saturated heterocycles. The van der Waals surface area contributed by atoms with Crippen LogP contribution in [-0.2, 0) is 4.65 Å². The minimum absolute atomic E-state index is 0.0405. The molecule has 1 aliphatic heterocycles. The Hall–Kier alpha value is -2.52. The van der Waals surface area contributed by atoms with E-state index in [-0.39, 0.29) is 17.5 Å². The zero-order valence-corrected chi connectivity index (χ0v) is 11.6. The number of carbonyl (C=O) groups is 1. The minimum Gasteiger partial charge on any atom is -0.486 e. The summed E-state index contributed by atoms with van der Waals surface area (Å²) in [6, 6.07) is 0.168. The van der Waals surface area contributed by atoms with Gasteiger partial charge >= 0.3 is 13.4 Å². The summed E-state index contributed by atoms with van der Waals surface area (Å²) in [6.07, 6.45) is 0.989. The van der Waals surface area contributed by atoms with Crippen LogP contribution in [0.1, 0.15) is 23.3 Å². The third-order valence-electron chi connectivity index (χ3n) is 3.53. The van der Waals surface area contributed by atoms with Crippen LogP contribution in [0, 0.1) is 11.6 Å². The first kappa shape index (κ1) is 15.4. The number of nitrogens with zero attached hydrogens (tertiary/aromatic N) is 1. The molecule has 3 rings (SSSR count). The van der Waals surface area contributed by atoms with Crippen molar-refractivity contribution in [3.05, 3.63) is 39.7 Å². The van der Waals surface area contributed by atoms with Crippen LogP contribution >= 0.6 is 0 Å². The Kier molecular flexibility index (Phi) is 3.54. The van der Waals surface area contributed by atoms with Gasteiger partial charge in [-0.3, -0.25) is 4.79 Å². The number of pyridine rings is 1. The van der Waals surface area contributed by atoms with Crippen molar-refractivity contribution in [1.82, 2.24) is 4.57 Å². The lowest BCUT2D eigenvalue weighted by atomic mass is 10.1. The Morgan fingerprint density at radius 1 is 1.43 bits per heavy atom. The molecule has 0 bridgehead atoms. The van der Waals surface area contributed by atoms with E-state index in [1.165, 1.54) is 4.57 Å². The van der Waals surface area contributed by atoms with Crippen LogP contribution in [0.5, 0.6) is 5.75 Å². The fourth-order valence-corrected chi connectivity index (χ4v) is 2.48. The fourth-order valence-electron chi connectivity index (χ4n) is 2.48. The molecule has 0 amide bonds. The van der Waals surface area contributed by atoms with E-state index < -0.39 is 47.9 Å². The van der Waals surface area contributed by atoms with Crippen molar-refractivity contribution in [2.24, 2.45) is 0 Å². The summed E-state index contributed by atoms with van der Waals surface area (Å²) >= 11 is 0. The molecule has 0 aliphatic carbocycles. The van der Waals surface area contributed by atoms with Crippen molar-refractivity contribution in [1.29, 1.82) is 0 Å². The van der Waals surface area contributed by atoms with E-state index >= 15 is 0 Å². The lowest BCUT2D eigenvalue weighted by Gasteiger charge is -2.27. The van der Waals surface area contributed by atoms with Gasteiger partial charge in [-0.1, -0.05) is 0 Å². The molecule has 0 fully saturated rings. The highest BCUT2D eigenvalue weighted by atomic mass is 19.2. The highest BCUT2D eigenvalue weighted by Gasteiger charge is 2.30. The van der Waals surface area contributed by atoms with Crippen LogP contribution < -0.4 is 10.2 Å². The number of hydrogen-bond donors (Lipinski definition) is 0. The van der Waals surface area contributed by atoms with Gasteiger partial charge in [0.25, 0.3) is 0 Å². The van der Waals surface area contributed by atoms with Gasteiger partial charge in [0.05, 0.1) is 16.9 Å². The molecule has 0 saturated carbocycles. The Morgan fingerprint density at radius 2 is 2.13 bits per heavy atom. The normalized spacial score (nSPS) is 16.1. The Morgan fingerprint density at radius 3 is 2.78 bits per heavy atom. The lowest BCUT2D eigenvalue weighted by Crippen LogP contribution is -2.28. The van der Waals surface area contributed by atoms with E-state index in [9.17, 15) is 27.0 Å². The van der Waals surface area contributed by atoms with Crippen LogP contribution in [0.4, 0.5) is 17.4 Å². The van der Waals surface area contributed by atoms with Crippen molar-refractivity contribution in [3.8, 4) is 5.75 Å². The standard InChI is InChI=1S/C13H8BF4NO4/c1-5-4-22-12-9(16)8(15)2-6-10(12)19(5)3-7(11(6)20)13(21)23-14(17)18/h2-3,5H,4H2,1H3. The van der Waals surface area contributed by atoms with Gasteiger partial charge in [0.1, 0.15) is 12.2 Å². The van der Waals surface area contributed by atoms with Gasteiger partial charge in [-0.05, 0) is 13.0 Å². The molecule has 120 valence electrons. The van der Waals surface area contributed by atoms with Gasteiger partial charge in [-0.25, -0.2) is 17.8 Å². The van der Waals surface area contributed by atoms with Gasteiger partial charge in [0, 0.05) is 6.20 Å². The first-order valence-corrected chi connectivity index (χ1v) is 6.50. The quantitative estimate of drug-likeness (QED) is 0.627. The summed E-state index contributed by atoms with van der Waals surface area (Å²) < 4.78 is 62.0. The Labute approximate surface area is 126 Å². The van der Waals surface area contributed by atoms with Crippen LogP contribution in [0.15, 0.2) is 17.1 Å². The first-order chi connectivity index (χ1) is 10.8. The second-order valence-electron chi connectivity index (χ2n) is 5.00. The second-order valence-corrected chi connectivity index (χ2v) is 5.00. The maximum Gasteiger partial charge on any atom is 0.798 e. The molecule has 1 atom stereocenters. The number of rotatable bonds is 2. The van der Waals surface area contributed by atoms with Crippen molar-refractivity contribution >= 4 is 24.3 Å². The average molecular weight is 329 g/mol. The smallest absolute Gasteiger partial charge is 0.486 e. The van der Waals surface area contributed by atoms with Crippen molar-refractivity contribution in [3.63, 3.8) is 0 Å². The van der Waals surface area contributed by atoms with Crippen LogP contribution in [-0.4, -0.2) is 24.6 Å². The van der Waals surface area contributed by atoms with E-state index in [1.54, 1.807) is 6.92 Å². The van der Waals surface area contributed by atoms with E-state index in [2.05, 4.69) is 4.65 Å². The topological polar surface area (TPSA) is 57.5 Å². The number of benzene rings is 1. The summed E-state index contributed by atoms with van der Waals surface area (Å²) in [5.41, 5.74) is -1.77. The number of aromatic nitrogens is 1. The number of halogens is 4. The second kappa shape index (κ2) is 5.29. The predicted molar refractivity (Wildman–Crippen MR) is 71.7 cm³/mol. The van der Waals surface area contributed by atoms with E-state index in [1.807, 2.05) is 0 Å². The molecule has 10 heteroatoms. The maximum atomic E-state index is 13.8. The average Bonchev–Trinajstić information content (AvgIpc) is 2.47. The zero-order chi connectivity index (χ0) is 16.9. The first-order valence-electron chi connectivity index (χ1n) is 6.50. The summed E-state index contributed by atoms with van der Waals surface area (Å²) in [5, 5.41) is -0.353. The van der Waals surface area contributed by atoms with Gasteiger partial charge in [0.2, 0.25) is 11.2 Å². The van der Waals surface area contributed by atoms with E-state index in [4.69, 9.17) is 4.74 Å². The molecule has 23 heavy (non-hydrogen) atoms. The molecule has 0 spiro atoms. The van der Waals surface area contributed by atoms with Crippen molar-refractivity contribution < 1.29 is 31.6 Å². The molecule has 5 nitrogen and oxygen atoms in total. The summed E-state index contributed by atoms with van der Waals surface area (Å²) in [4.78, 5) is 23.9. The fraction of sp³-hybridized carbons (Fsp3) is 0.231. The summed E-state index contributed by atoms with van der Waals surface area (Å²) in [7, 11) is -3.40. The number of carbonyl (C=O) groups excluding carboxylic acids is 1. The molecular formula is C13H8BF4NO4. The zero-order valence-electron chi connectivity index (χ0n) is 11.6. The highest BCUT2D eigenvalue weighted by Crippen LogP contribution is 2.35. The molecule has 1 aliphatic rings. The minimum atomic E-state index is -3.40. The van der Waals surface area contributed by atoms with E-state index in [0.717, 1.165) is 6.20 Å². The van der Waals surface area contributed by atoms with Gasteiger partial charge in [-0.15, -0.1) is 0 Å². The molecule has 2 aromatic rings. The Bertz CT molecular complexity index is 883. The third kappa shape index (κ3) is 2.34. The number of hydrogen-bond acceptors (Lipinski definition) is 4. The van der Waals surface area contributed by atoms with Crippen molar-refractivity contribution in [2.75, 3.05) is 6.61 Å². The third-order valence-corrected chi connectivity index (χ3v) is 3.53. The maximum absolute atomic E-state index is 13.8. The van der Waals surface area contributed by atoms with Crippen LogP contribution in [0.2, 0.25) is 0 Å². The Balaban J connectivity index is 2.36. The molecule has 0 N–H and O–H groups in total. The summed E-state index contributed by atoms with van der Waals surface area (Å²) in [6.45, 7) is 1.59. The van der Waals surface area contributed by atoms with Gasteiger partial charge in [-0.2, -0.15) is 4.39 Å². The molecular weight excluding hydrogens is 321 g/mol. The molecule has 1 aromatic carbocycles. The molecule has 1 aromatic heterocycles. The molecule has 2 heterocycles. The monoisotopic (exact) mass is 329 g/mol. The summed E-state index contributed by atoms with van der Waals surface area (Å²) in [5.74, 6) is -4.60. The lowest BCUT2D eigenvalue weighted by molar-refractivity contribution is 0.0692. The van der Waals surface area contributed by atoms with Gasteiger partial charge in [0.15, 0.2) is 11.6 Å². The number of ether oxygens (including phenoxy) is 1. The highest BCUT2D eigenvalue weighted by molar-refractivity contribution is 6.38. The van der Waals surface area contributed by atoms with Crippen LogP contribution in [0.25, 0.3) is 10.9 Å². The molecule has 0 radical (unpaired) electrons. The predicted octanol–water partition coefficient (Wildman–Crippen LogP) is 2.31. The van der Waals surface area contributed by atoms with Crippen LogP contribution in [0.3, 0.4) is 0 Å².